The van der Waals surface area contributed by atoms with Crippen molar-refractivity contribution in [3.8, 4) is 0 Å². The predicted octanol–water partition coefficient (Wildman–Crippen LogP) is 1.80. The molecule has 1 aromatic carbocycles. The Morgan fingerprint density at radius 2 is 1.44 bits per heavy atom. The number of esters is 2. The van der Waals surface area contributed by atoms with E-state index in [9.17, 15) is 9.59 Å². The van der Waals surface area contributed by atoms with Gasteiger partial charge in [0.2, 0.25) is 0 Å². The average molecular weight is 266 g/mol. The highest BCUT2D eigenvalue weighted by molar-refractivity contribution is 6.88. The number of rotatable bonds is 3. The Morgan fingerprint density at radius 1 is 0.944 bits per heavy atom. The Morgan fingerprint density at radius 3 is 1.89 bits per heavy atom. The lowest BCUT2D eigenvalue weighted by Crippen LogP contribution is -2.38. The van der Waals surface area contributed by atoms with Crippen molar-refractivity contribution in [2.24, 2.45) is 0 Å². The molecule has 0 aliphatic heterocycles. The molecule has 0 radical (unpaired) electrons. The predicted molar refractivity (Wildman–Crippen MR) is 72.1 cm³/mol. The lowest BCUT2D eigenvalue weighted by atomic mass is 10.1. The SMILES string of the molecule is COC(=O)c1ccc([Si](C)(C)C)cc1C(=O)OC. The van der Waals surface area contributed by atoms with Gasteiger partial charge in [0.05, 0.1) is 33.4 Å². The van der Waals surface area contributed by atoms with E-state index in [0.29, 0.717) is 0 Å². The summed E-state index contributed by atoms with van der Waals surface area (Å²) in [6.07, 6.45) is 0. The third-order valence-corrected chi connectivity index (χ3v) is 4.74. The highest BCUT2D eigenvalue weighted by Crippen LogP contribution is 2.13. The van der Waals surface area contributed by atoms with Crippen molar-refractivity contribution in [3.63, 3.8) is 0 Å². The van der Waals surface area contributed by atoms with E-state index in [1.54, 1.807) is 12.1 Å². The average Bonchev–Trinajstić information content (AvgIpc) is 2.35. The maximum absolute atomic E-state index is 11.7. The van der Waals surface area contributed by atoms with E-state index in [1.807, 2.05) is 6.07 Å². The fourth-order valence-corrected chi connectivity index (χ4v) is 2.74. The fourth-order valence-electron chi connectivity index (χ4n) is 1.58. The van der Waals surface area contributed by atoms with Crippen LogP contribution in [0.1, 0.15) is 20.7 Å². The van der Waals surface area contributed by atoms with Crippen molar-refractivity contribution >= 4 is 25.2 Å². The molecule has 0 bridgehead atoms. The van der Waals surface area contributed by atoms with E-state index in [-0.39, 0.29) is 11.1 Å². The van der Waals surface area contributed by atoms with Crippen molar-refractivity contribution in [1.82, 2.24) is 0 Å². The lowest BCUT2D eigenvalue weighted by Gasteiger charge is -2.18. The van der Waals surface area contributed by atoms with E-state index in [2.05, 4.69) is 24.4 Å². The molecule has 0 unspecified atom stereocenters. The molecule has 18 heavy (non-hydrogen) atoms. The smallest absolute Gasteiger partial charge is 0.338 e. The monoisotopic (exact) mass is 266 g/mol. The minimum Gasteiger partial charge on any atom is -0.465 e. The molecule has 98 valence electrons. The zero-order valence-electron chi connectivity index (χ0n) is 11.4. The zero-order chi connectivity index (χ0) is 13.9. The van der Waals surface area contributed by atoms with Crippen LogP contribution in [0.4, 0.5) is 0 Å². The van der Waals surface area contributed by atoms with Gasteiger partial charge in [-0.1, -0.05) is 30.9 Å². The van der Waals surface area contributed by atoms with Gasteiger partial charge in [0, 0.05) is 0 Å². The summed E-state index contributed by atoms with van der Waals surface area (Å²) in [5, 5.41) is 1.09. The first-order valence-electron chi connectivity index (χ1n) is 5.62. The van der Waals surface area contributed by atoms with Crippen LogP contribution in [-0.2, 0) is 9.47 Å². The lowest BCUT2D eigenvalue weighted by molar-refractivity contribution is 0.0555. The summed E-state index contributed by atoms with van der Waals surface area (Å²) in [6, 6.07) is 5.25. The van der Waals surface area contributed by atoms with Gasteiger partial charge in [-0.2, -0.15) is 0 Å². The molecule has 0 saturated carbocycles. The van der Waals surface area contributed by atoms with Gasteiger partial charge < -0.3 is 9.47 Å². The maximum Gasteiger partial charge on any atom is 0.338 e. The molecule has 0 amide bonds. The van der Waals surface area contributed by atoms with Crippen molar-refractivity contribution in [2.75, 3.05) is 14.2 Å². The zero-order valence-corrected chi connectivity index (χ0v) is 12.4. The van der Waals surface area contributed by atoms with Crippen LogP contribution in [0.15, 0.2) is 18.2 Å². The van der Waals surface area contributed by atoms with Crippen LogP contribution < -0.4 is 5.19 Å². The minimum absolute atomic E-state index is 0.242. The number of hydrogen-bond donors (Lipinski definition) is 0. The molecule has 4 nitrogen and oxygen atoms in total. The van der Waals surface area contributed by atoms with Crippen LogP contribution in [0, 0.1) is 0 Å². The fraction of sp³-hybridized carbons (Fsp3) is 0.385. The standard InChI is InChI=1S/C13H18O4Si/c1-16-12(14)10-7-6-9(18(3,4)5)8-11(10)13(15)17-2/h6-8H,1-5H3. The Bertz CT molecular complexity index is 474. The van der Waals surface area contributed by atoms with Gasteiger partial charge in [0.1, 0.15) is 0 Å². The highest BCUT2D eigenvalue weighted by Gasteiger charge is 2.23. The van der Waals surface area contributed by atoms with Gasteiger partial charge in [0.25, 0.3) is 0 Å². The first-order chi connectivity index (χ1) is 8.31. The molecule has 0 aromatic heterocycles. The summed E-state index contributed by atoms with van der Waals surface area (Å²) < 4.78 is 9.37. The number of benzene rings is 1. The molecule has 1 aromatic rings. The van der Waals surface area contributed by atoms with Crippen LogP contribution in [0.2, 0.25) is 19.6 Å². The Kier molecular flexibility index (Phi) is 4.29. The first-order valence-corrected chi connectivity index (χ1v) is 9.12. The molecule has 0 fully saturated rings. The third-order valence-electron chi connectivity index (χ3n) is 2.70. The van der Waals surface area contributed by atoms with Crippen LogP contribution in [-0.4, -0.2) is 34.2 Å². The Balaban J connectivity index is 3.39. The van der Waals surface area contributed by atoms with Gasteiger partial charge in [-0.25, -0.2) is 9.59 Å². The molecule has 0 aliphatic carbocycles. The summed E-state index contributed by atoms with van der Waals surface area (Å²) in [5.74, 6) is -1.05. The largest absolute Gasteiger partial charge is 0.465 e. The van der Waals surface area contributed by atoms with E-state index in [0.717, 1.165) is 5.19 Å². The van der Waals surface area contributed by atoms with Crippen molar-refractivity contribution in [2.45, 2.75) is 19.6 Å². The summed E-state index contributed by atoms with van der Waals surface area (Å²) in [4.78, 5) is 23.3. The number of carbonyl (C=O) groups excluding carboxylic acids is 2. The van der Waals surface area contributed by atoms with E-state index >= 15 is 0 Å². The van der Waals surface area contributed by atoms with Gasteiger partial charge in [0.15, 0.2) is 0 Å². The second kappa shape index (κ2) is 5.35. The molecule has 0 N–H and O–H groups in total. The first kappa shape index (κ1) is 14.4. The highest BCUT2D eigenvalue weighted by atomic mass is 28.3. The molecular formula is C13H18O4Si. The van der Waals surface area contributed by atoms with E-state index in [4.69, 9.17) is 4.74 Å². The van der Waals surface area contributed by atoms with Crippen LogP contribution >= 0.6 is 0 Å². The summed E-state index contributed by atoms with van der Waals surface area (Å²) in [7, 11) is 1.03. The second-order valence-corrected chi connectivity index (χ2v) is 10.1. The number of ether oxygens (including phenoxy) is 2. The second-order valence-electron chi connectivity index (χ2n) is 4.99. The van der Waals surface area contributed by atoms with Crippen molar-refractivity contribution < 1.29 is 19.1 Å². The molecule has 1 rings (SSSR count). The molecule has 5 heteroatoms. The van der Waals surface area contributed by atoms with E-state index in [1.165, 1.54) is 14.2 Å². The topological polar surface area (TPSA) is 52.6 Å². The summed E-state index contributed by atoms with van der Waals surface area (Å²) in [6.45, 7) is 6.50. The summed E-state index contributed by atoms with van der Waals surface area (Å²) >= 11 is 0. The van der Waals surface area contributed by atoms with Crippen LogP contribution in [0.3, 0.4) is 0 Å². The van der Waals surface area contributed by atoms with Gasteiger partial charge in [-0.05, 0) is 12.1 Å². The molecule has 0 aliphatic rings. The van der Waals surface area contributed by atoms with Crippen LogP contribution in [0.25, 0.3) is 0 Å². The van der Waals surface area contributed by atoms with Crippen molar-refractivity contribution in [1.29, 1.82) is 0 Å². The quantitative estimate of drug-likeness (QED) is 0.618. The third kappa shape index (κ3) is 2.98. The number of hydrogen-bond acceptors (Lipinski definition) is 4. The molecule has 0 heterocycles. The van der Waals surface area contributed by atoms with Crippen LogP contribution in [0.5, 0.6) is 0 Å². The molecule has 0 saturated heterocycles. The molecular weight excluding hydrogens is 248 g/mol. The van der Waals surface area contributed by atoms with Crippen molar-refractivity contribution in [3.05, 3.63) is 29.3 Å². The molecule has 0 atom stereocenters. The van der Waals surface area contributed by atoms with Gasteiger partial charge in [-0.3, -0.25) is 0 Å². The number of methoxy groups -OCH3 is 2. The molecule has 0 spiro atoms. The number of carbonyl (C=O) groups is 2. The normalized spacial score (nSPS) is 10.9. The summed E-state index contributed by atoms with van der Waals surface area (Å²) in [5.41, 5.74) is 0.510. The van der Waals surface area contributed by atoms with Gasteiger partial charge >= 0.3 is 11.9 Å². The van der Waals surface area contributed by atoms with E-state index < -0.39 is 20.0 Å². The van der Waals surface area contributed by atoms with Gasteiger partial charge in [-0.15, -0.1) is 0 Å². The Hall–Kier alpha value is -1.62. The Labute approximate surface area is 108 Å². The maximum atomic E-state index is 11.7. The minimum atomic E-state index is -1.55.